The molecule has 0 aliphatic rings. The maximum absolute atomic E-state index is 12.0. The van der Waals surface area contributed by atoms with Crippen LogP contribution in [0.5, 0.6) is 0 Å². The van der Waals surface area contributed by atoms with E-state index in [4.69, 9.17) is 0 Å². The molecule has 0 saturated heterocycles. The van der Waals surface area contributed by atoms with Gasteiger partial charge in [0.2, 0.25) is 0 Å². The third-order valence-corrected chi connectivity index (χ3v) is 3.67. The molecule has 0 bridgehead atoms. The number of nitrogens with one attached hydrogen (secondary N) is 1. The van der Waals surface area contributed by atoms with Crippen LogP contribution in [-0.2, 0) is 6.54 Å². The molecular formula is C13H12IN3O3. The third-order valence-electron chi connectivity index (χ3n) is 2.73. The van der Waals surface area contributed by atoms with E-state index in [1.165, 1.54) is 12.1 Å². The zero-order valence-electron chi connectivity index (χ0n) is 10.5. The molecule has 0 spiro atoms. The number of nitro benzene ring substituents is 1. The van der Waals surface area contributed by atoms with Crippen molar-refractivity contribution in [3.05, 3.63) is 62.0 Å². The van der Waals surface area contributed by atoms with Crippen LogP contribution in [0, 0.1) is 13.7 Å². The molecule has 20 heavy (non-hydrogen) atoms. The zero-order valence-corrected chi connectivity index (χ0v) is 12.6. The lowest BCUT2D eigenvalue weighted by Crippen LogP contribution is -2.27. The topological polar surface area (TPSA) is 77.2 Å². The minimum atomic E-state index is -0.507. The van der Waals surface area contributed by atoms with Gasteiger partial charge in [0.15, 0.2) is 0 Å². The second-order valence-electron chi connectivity index (χ2n) is 4.10. The first-order chi connectivity index (χ1) is 9.58. The van der Waals surface area contributed by atoms with Crippen LogP contribution in [0.2, 0.25) is 0 Å². The first kappa shape index (κ1) is 14.5. The van der Waals surface area contributed by atoms with Crippen LogP contribution in [-0.4, -0.2) is 21.9 Å². The second kappa shape index (κ2) is 6.51. The van der Waals surface area contributed by atoms with Gasteiger partial charge in [-0.1, -0.05) is 0 Å². The number of carbonyl (C=O) groups excluding carboxylic acids is 1. The van der Waals surface area contributed by atoms with Crippen LogP contribution in [0.1, 0.15) is 10.4 Å². The molecule has 1 heterocycles. The van der Waals surface area contributed by atoms with Crippen molar-refractivity contribution in [3.8, 4) is 0 Å². The summed E-state index contributed by atoms with van der Waals surface area (Å²) in [5, 5.41) is 13.5. The molecule has 0 saturated carbocycles. The number of nitrogens with zero attached hydrogens (tertiary/aromatic N) is 2. The maximum Gasteiger partial charge on any atom is 0.270 e. The Balaban J connectivity index is 2.01. The number of benzene rings is 1. The maximum atomic E-state index is 12.0. The molecule has 0 unspecified atom stereocenters. The SMILES string of the molecule is O=C(NCCn1cccc1)c1cc([N+](=O)[O-])ccc1I. The molecule has 0 aliphatic carbocycles. The summed E-state index contributed by atoms with van der Waals surface area (Å²) in [4.78, 5) is 22.2. The number of aromatic nitrogens is 1. The molecular weight excluding hydrogens is 373 g/mol. The quantitative estimate of drug-likeness (QED) is 0.488. The van der Waals surface area contributed by atoms with E-state index in [1.807, 2.05) is 51.7 Å². The predicted octanol–water partition coefficient (Wildman–Crippen LogP) is 2.43. The molecule has 0 atom stereocenters. The van der Waals surface area contributed by atoms with Crippen LogP contribution in [0.15, 0.2) is 42.7 Å². The summed E-state index contributed by atoms with van der Waals surface area (Å²) >= 11 is 1.99. The zero-order chi connectivity index (χ0) is 14.5. The summed E-state index contributed by atoms with van der Waals surface area (Å²) in [7, 11) is 0. The van der Waals surface area contributed by atoms with Crippen molar-refractivity contribution in [2.45, 2.75) is 6.54 Å². The largest absolute Gasteiger partial charge is 0.353 e. The highest BCUT2D eigenvalue weighted by atomic mass is 127. The summed E-state index contributed by atoms with van der Waals surface area (Å²) in [5.74, 6) is -0.301. The van der Waals surface area contributed by atoms with E-state index in [9.17, 15) is 14.9 Å². The monoisotopic (exact) mass is 385 g/mol. The third kappa shape index (κ3) is 3.56. The highest BCUT2D eigenvalue weighted by molar-refractivity contribution is 14.1. The molecule has 104 valence electrons. The second-order valence-corrected chi connectivity index (χ2v) is 5.26. The van der Waals surface area contributed by atoms with E-state index in [1.54, 1.807) is 6.07 Å². The summed E-state index contributed by atoms with van der Waals surface area (Å²) < 4.78 is 2.63. The van der Waals surface area contributed by atoms with Crippen molar-refractivity contribution in [1.29, 1.82) is 0 Å². The molecule has 1 amide bonds. The molecule has 2 rings (SSSR count). The average molecular weight is 385 g/mol. The van der Waals surface area contributed by atoms with E-state index in [2.05, 4.69) is 5.32 Å². The number of hydrogen-bond donors (Lipinski definition) is 1. The average Bonchev–Trinajstić information content (AvgIpc) is 2.92. The number of carbonyl (C=O) groups is 1. The van der Waals surface area contributed by atoms with Gasteiger partial charge in [0.05, 0.1) is 10.5 Å². The number of halogens is 1. The molecule has 0 radical (unpaired) electrons. The lowest BCUT2D eigenvalue weighted by Gasteiger charge is -2.07. The van der Waals surface area contributed by atoms with Crippen molar-refractivity contribution < 1.29 is 9.72 Å². The normalized spacial score (nSPS) is 10.2. The Hall–Kier alpha value is -1.90. The van der Waals surface area contributed by atoms with Crippen LogP contribution in [0.3, 0.4) is 0 Å². The van der Waals surface area contributed by atoms with Gasteiger partial charge >= 0.3 is 0 Å². The van der Waals surface area contributed by atoms with Crippen molar-refractivity contribution in [3.63, 3.8) is 0 Å². The molecule has 0 aliphatic heterocycles. The van der Waals surface area contributed by atoms with Crippen LogP contribution in [0.4, 0.5) is 5.69 Å². The first-order valence-electron chi connectivity index (χ1n) is 5.91. The van der Waals surface area contributed by atoms with E-state index >= 15 is 0 Å². The lowest BCUT2D eigenvalue weighted by atomic mass is 10.2. The summed E-state index contributed by atoms with van der Waals surface area (Å²) in [6.45, 7) is 1.12. The van der Waals surface area contributed by atoms with Gasteiger partial charge in [-0.3, -0.25) is 14.9 Å². The first-order valence-corrected chi connectivity index (χ1v) is 6.98. The van der Waals surface area contributed by atoms with Gasteiger partial charge in [-0.15, -0.1) is 0 Å². The standard InChI is InChI=1S/C13H12IN3O3/c14-12-4-3-10(17(19)20)9-11(12)13(18)15-5-8-16-6-1-2-7-16/h1-4,6-7,9H,5,8H2,(H,15,18). The van der Waals surface area contributed by atoms with Crippen molar-refractivity contribution >= 4 is 34.2 Å². The highest BCUT2D eigenvalue weighted by Crippen LogP contribution is 2.19. The van der Waals surface area contributed by atoms with Gasteiger partial charge in [-0.2, -0.15) is 0 Å². The summed E-state index contributed by atoms with van der Waals surface area (Å²) in [6, 6.07) is 8.07. The lowest BCUT2D eigenvalue weighted by molar-refractivity contribution is -0.384. The molecule has 0 fully saturated rings. The van der Waals surface area contributed by atoms with Gasteiger partial charge < -0.3 is 9.88 Å². The van der Waals surface area contributed by atoms with Crippen molar-refractivity contribution in [2.24, 2.45) is 0 Å². The van der Waals surface area contributed by atoms with E-state index < -0.39 is 4.92 Å². The van der Waals surface area contributed by atoms with Crippen LogP contribution >= 0.6 is 22.6 Å². The fraction of sp³-hybridized carbons (Fsp3) is 0.154. The minimum Gasteiger partial charge on any atom is -0.353 e. The van der Waals surface area contributed by atoms with Crippen LogP contribution in [0.25, 0.3) is 0 Å². The summed E-state index contributed by atoms with van der Waals surface area (Å²) in [6.07, 6.45) is 3.81. The van der Waals surface area contributed by atoms with Gasteiger partial charge in [0.25, 0.3) is 11.6 Å². The molecule has 1 N–H and O–H groups in total. The molecule has 7 heteroatoms. The van der Waals surface area contributed by atoms with Gasteiger partial charge in [0.1, 0.15) is 0 Å². The Kier molecular flexibility index (Phi) is 4.72. The Morgan fingerprint density at radius 2 is 2.05 bits per heavy atom. The number of nitro groups is 1. The number of amides is 1. The van der Waals surface area contributed by atoms with Gasteiger partial charge in [-0.25, -0.2) is 0 Å². The smallest absolute Gasteiger partial charge is 0.270 e. The number of rotatable bonds is 5. The number of hydrogen-bond acceptors (Lipinski definition) is 3. The molecule has 1 aromatic heterocycles. The van der Waals surface area contributed by atoms with E-state index in [0.29, 0.717) is 22.2 Å². The van der Waals surface area contributed by atoms with Gasteiger partial charge in [-0.05, 0) is 40.8 Å². The highest BCUT2D eigenvalue weighted by Gasteiger charge is 2.14. The van der Waals surface area contributed by atoms with Crippen LogP contribution < -0.4 is 5.32 Å². The Labute approximate surface area is 129 Å². The molecule has 1 aromatic carbocycles. The minimum absolute atomic E-state index is 0.0824. The molecule has 2 aromatic rings. The number of non-ortho nitro benzene ring substituents is 1. The molecule has 6 nitrogen and oxygen atoms in total. The van der Waals surface area contributed by atoms with Crippen molar-refractivity contribution in [1.82, 2.24) is 9.88 Å². The van der Waals surface area contributed by atoms with Crippen molar-refractivity contribution in [2.75, 3.05) is 6.54 Å². The predicted molar refractivity (Wildman–Crippen MR) is 82.6 cm³/mol. The van der Waals surface area contributed by atoms with Gasteiger partial charge in [0, 0.05) is 41.2 Å². The summed E-state index contributed by atoms with van der Waals surface area (Å²) in [5.41, 5.74) is 0.244. The Bertz CT molecular complexity index is 626. The fourth-order valence-corrected chi connectivity index (χ4v) is 2.29. The van der Waals surface area contributed by atoms with E-state index in [-0.39, 0.29) is 11.6 Å². The Morgan fingerprint density at radius 3 is 2.70 bits per heavy atom. The Morgan fingerprint density at radius 1 is 1.35 bits per heavy atom. The van der Waals surface area contributed by atoms with E-state index in [0.717, 1.165) is 0 Å². The fourth-order valence-electron chi connectivity index (χ4n) is 1.71.